The molecule has 1 N–H and O–H groups in total. The lowest BCUT2D eigenvalue weighted by Gasteiger charge is -2.21. The monoisotopic (exact) mass is 403 g/mol. The van der Waals surface area contributed by atoms with Crippen LogP contribution in [0.15, 0.2) is 42.5 Å². The SMILES string of the molecule is CC[C@@H](Oc1cccc(Cl)c1)c1n[nH]c(=S)n1-c1ccc2c(c1)OCCO2. The number of nitrogens with one attached hydrogen (secondary N) is 1. The topological polar surface area (TPSA) is 61.3 Å². The van der Waals surface area contributed by atoms with Crippen LogP contribution < -0.4 is 14.2 Å². The first-order valence-electron chi connectivity index (χ1n) is 8.65. The summed E-state index contributed by atoms with van der Waals surface area (Å²) in [5, 5.41) is 7.89. The Morgan fingerprint density at radius 3 is 2.81 bits per heavy atom. The highest BCUT2D eigenvalue weighted by Crippen LogP contribution is 2.33. The molecule has 0 bridgehead atoms. The van der Waals surface area contributed by atoms with Gasteiger partial charge in [0, 0.05) is 11.1 Å². The summed E-state index contributed by atoms with van der Waals surface area (Å²) in [6.07, 6.45) is 0.404. The van der Waals surface area contributed by atoms with Crippen LogP contribution >= 0.6 is 23.8 Å². The second-order valence-corrected chi connectivity index (χ2v) is 6.85. The second-order valence-electron chi connectivity index (χ2n) is 6.02. The van der Waals surface area contributed by atoms with Crippen LogP contribution in [-0.4, -0.2) is 28.0 Å². The Hall–Kier alpha value is -2.51. The predicted octanol–water partition coefficient (Wildman–Crippen LogP) is 4.88. The number of fused-ring (bicyclic) bond motifs is 1. The van der Waals surface area contributed by atoms with Crippen molar-refractivity contribution in [3.05, 3.63) is 58.1 Å². The predicted molar refractivity (Wildman–Crippen MR) is 105 cm³/mol. The molecule has 0 saturated heterocycles. The molecule has 4 rings (SSSR count). The summed E-state index contributed by atoms with van der Waals surface area (Å²) in [6.45, 7) is 3.10. The molecule has 1 atom stereocenters. The third kappa shape index (κ3) is 3.65. The Morgan fingerprint density at radius 1 is 1.22 bits per heavy atom. The van der Waals surface area contributed by atoms with Crippen LogP contribution in [0.5, 0.6) is 17.2 Å². The Balaban J connectivity index is 1.71. The summed E-state index contributed by atoms with van der Waals surface area (Å²) in [6, 6.07) is 13.0. The van der Waals surface area contributed by atoms with Gasteiger partial charge in [-0.05, 0) is 49.0 Å². The summed E-state index contributed by atoms with van der Waals surface area (Å²) in [4.78, 5) is 0. The second kappa shape index (κ2) is 7.62. The van der Waals surface area contributed by atoms with Gasteiger partial charge in [0.1, 0.15) is 19.0 Å². The third-order valence-corrected chi connectivity index (χ3v) is 4.72. The number of hydrogen-bond acceptors (Lipinski definition) is 5. The van der Waals surface area contributed by atoms with Gasteiger partial charge in [-0.3, -0.25) is 9.67 Å². The number of rotatable bonds is 5. The zero-order chi connectivity index (χ0) is 18.8. The molecule has 1 aromatic heterocycles. The van der Waals surface area contributed by atoms with E-state index in [1.807, 2.05) is 41.8 Å². The Kier molecular flexibility index (Phi) is 5.05. The highest BCUT2D eigenvalue weighted by atomic mass is 35.5. The minimum Gasteiger partial charge on any atom is -0.486 e. The average molecular weight is 404 g/mol. The number of ether oxygens (including phenoxy) is 3. The molecule has 0 aliphatic carbocycles. The fourth-order valence-corrected chi connectivity index (χ4v) is 3.39. The van der Waals surface area contributed by atoms with Gasteiger partial charge in [-0.15, -0.1) is 0 Å². The van der Waals surface area contributed by atoms with Crippen LogP contribution in [0.2, 0.25) is 5.02 Å². The molecular formula is C19H18ClN3O3S. The largest absolute Gasteiger partial charge is 0.486 e. The molecule has 0 amide bonds. The number of halogens is 1. The van der Waals surface area contributed by atoms with Gasteiger partial charge in [-0.25, -0.2) is 0 Å². The zero-order valence-corrected chi connectivity index (χ0v) is 16.2. The van der Waals surface area contributed by atoms with Crippen molar-refractivity contribution in [1.82, 2.24) is 14.8 Å². The van der Waals surface area contributed by atoms with E-state index in [-0.39, 0.29) is 6.10 Å². The van der Waals surface area contributed by atoms with E-state index in [9.17, 15) is 0 Å². The first kappa shape index (κ1) is 17.9. The van der Waals surface area contributed by atoms with E-state index in [1.54, 1.807) is 12.1 Å². The highest BCUT2D eigenvalue weighted by Gasteiger charge is 2.22. The maximum atomic E-state index is 6.13. The molecule has 8 heteroatoms. The molecule has 0 unspecified atom stereocenters. The molecule has 0 fully saturated rings. The molecule has 2 heterocycles. The molecule has 3 aromatic rings. The van der Waals surface area contributed by atoms with Gasteiger partial charge in [-0.2, -0.15) is 5.10 Å². The highest BCUT2D eigenvalue weighted by molar-refractivity contribution is 7.71. The van der Waals surface area contributed by atoms with Crippen molar-refractivity contribution >= 4 is 23.8 Å². The van der Waals surface area contributed by atoms with Crippen molar-refractivity contribution < 1.29 is 14.2 Å². The number of hydrogen-bond donors (Lipinski definition) is 1. The maximum absolute atomic E-state index is 6.13. The Bertz CT molecular complexity index is 1020. The van der Waals surface area contributed by atoms with Crippen LogP contribution in [0, 0.1) is 4.77 Å². The van der Waals surface area contributed by atoms with Crippen LogP contribution in [0.3, 0.4) is 0 Å². The smallest absolute Gasteiger partial charge is 0.199 e. The number of nitrogens with zero attached hydrogens (tertiary/aromatic N) is 2. The fourth-order valence-electron chi connectivity index (χ4n) is 2.97. The van der Waals surface area contributed by atoms with E-state index in [0.29, 0.717) is 46.8 Å². The van der Waals surface area contributed by atoms with Gasteiger partial charge < -0.3 is 14.2 Å². The van der Waals surface area contributed by atoms with Crippen molar-refractivity contribution in [3.63, 3.8) is 0 Å². The van der Waals surface area contributed by atoms with E-state index < -0.39 is 0 Å². The first-order chi connectivity index (χ1) is 13.2. The lowest BCUT2D eigenvalue weighted by molar-refractivity contribution is 0.171. The molecule has 27 heavy (non-hydrogen) atoms. The molecule has 0 spiro atoms. The first-order valence-corrected chi connectivity index (χ1v) is 9.44. The van der Waals surface area contributed by atoms with Crippen LogP contribution in [-0.2, 0) is 0 Å². The number of aromatic nitrogens is 3. The third-order valence-electron chi connectivity index (χ3n) is 4.22. The summed E-state index contributed by atoms with van der Waals surface area (Å²) in [5.41, 5.74) is 0.834. The minimum atomic E-state index is -0.301. The molecule has 0 saturated carbocycles. The zero-order valence-electron chi connectivity index (χ0n) is 14.6. The number of benzene rings is 2. The van der Waals surface area contributed by atoms with Crippen LogP contribution in [0.4, 0.5) is 0 Å². The minimum absolute atomic E-state index is 0.301. The Labute approximate surface area is 166 Å². The van der Waals surface area contributed by atoms with Gasteiger partial charge in [0.05, 0.1) is 5.69 Å². The van der Waals surface area contributed by atoms with Crippen LogP contribution in [0.1, 0.15) is 25.3 Å². The van der Waals surface area contributed by atoms with Crippen molar-refractivity contribution in [2.24, 2.45) is 0 Å². The van der Waals surface area contributed by atoms with Crippen molar-refractivity contribution in [2.75, 3.05) is 13.2 Å². The maximum Gasteiger partial charge on any atom is 0.199 e. The summed E-state index contributed by atoms with van der Waals surface area (Å²) in [5.74, 6) is 2.77. The number of H-pyrrole nitrogens is 1. The Morgan fingerprint density at radius 2 is 2.04 bits per heavy atom. The van der Waals surface area contributed by atoms with Gasteiger partial charge in [0.25, 0.3) is 0 Å². The normalized spacial score (nSPS) is 14.0. The lowest BCUT2D eigenvalue weighted by atomic mass is 10.2. The fraction of sp³-hybridized carbons (Fsp3) is 0.263. The van der Waals surface area contributed by atoms with Crippen LogP contribution in [0.25, 0.3) is 5.69 Å². The van der Waals surface area contributed by atoms with E-state index in [4.69, 9.17) is 38.0 Å². The van der Waals surface area contributed by atoms with Gasteiger partial charge in [0.2, 0.25) is 0 Å². The van der Waals surface area contributed by atoms with Crippen molar-refractivity contribution in [2.45, 2.75) is 19.4 Å². The average Bonchev–Trinajstić information content (AvgIpc) is 3.07. The quantitative estimate of drug-likeness (QED) is 0.615. The molecule has 6 nitrogen and oxygen atoms in total. The standard InChI is InChI=1S/C19H18ClN3O3S/c1-2-15(26-14-5-3-4-12(20)10-14)18-21-22-19(27)23(18)13-6-7-16-17(11-13)25-9-8-24-16/h3-7,10-11,15H,2,8-9H2,1H3,(H,22,27)/t15-/m1/s1. The van der Waals surface area contributed by atoms with E-state index in [2.05, 4.69) is 10.2 Å². The summed E-state index contributed by atoms with van der Waals surface area (Å²) in [7, 11) is 0. The molecule has 140 valence electrons. The van der Waals surface area contributed by atoms with Crippen molar-refractivity contribution in [3.8, 4) is 22.9 Å². The van der Waals surface area contributed by atoms with Crippen molar-refractivity contribution in [1.29, 1.82) is 0 Å². The van der Waals surface area contributed by atoms with E-state index >= 15 is 0 Å². The lowest BCUT2D eigenvalue weighted by Crippen LogP contribution is -2.16. The number of aromatic amines is 1. The van der Waals surface area contributed by atoms with Gasteiger partial charge in [-0.1, -0.05) is 24.6 Å². The summed E-state index contributed by atoms with van der Waals surface area (Å²) >= 11 is 11.5. The van der Waals surface area contributed by atoms with E-state index in [1.165, 1.54) is 0 Å². The van der Waals surface area contributed by atoms with Gasteiger partial charge >= 0.3 is 0 Å². The molecular weight excluding hydrogens is 386 g/mol. The van der Waals surface area contributed by atoms with E-state index in [0.717, 1.165) is 11.4 Å². The molecule has 1 aliphatic heterocycles. The summed E-state index contributed by atoms with van der Waals surface area (Å²) < 4.78 is 19.7. The molecule has 1 aliphatic rings. The molecule has 0 radical (unpaired) electrons. The molecule has 2 aromatic carbocycles. The van der Waals surface area contributed by atoms with Gasteiger partial charge in [0.15, 0.2) is 28.2 Å².